The molecule has 2 N–H and O–H groups in total. The highest BCUT2D eigenvalue weighted by atomic mass is 32.2. The number of hydrogen-bond acceptors (Lipinski definition) is 3. The Morgan fingerprint density at radius 1 is 1.15 bits per heavy atom. The molecule has 0 aromatic heterocycles. The smallest absolute Gasteiger partial charge is 0.278 e. The summed E-state index contributed by atoms with van der Waals surface area (Å²) in [6, 6.07) is 0. The van der Waals surface area contributed by atoms with Gasteiger partial charge in [-0.15, -0.1) is 0 Å². The minimum absolute atomic E-state index is 0.431. The van der Waals surface area contributed by atoms with Crippen LogP contribution in [0.4, 0.5) is 0 Å². The van der Waals surface area contributed by atoms with Gasteiger partial charge in [-0.3, -0.25) is 0 Å². The van der Waals surface area contributed by atoms with Gasteiger partial charge in [0.15, 0.2) is 0 Å². The van der Waals surface area contributed by atoms with E-state index in [2.05, 4.69) is 17.0 Å². The van der Waals surface area contributed by atoms with Crippen LogP contribution in [0.15, 0.2) is 0 Å². The van der Waals surface area contributed by atoms with Crippen LogP contribution in [0.5, 0.6) is 0 Å². The van der Waals surface area contributed by atoms with Crippen LogP contribution in [-0.2, 0) is 10.2 Å². The molecule has 0 amide bonds. The molecule has 0 bridgehead atoms. The van der Waals surface area contributed by atoms with Crippen molar-refractivity contribution in [2.24, 2.45) is 0 Å². The minimum Gasteiger partial charge on any atom is -0.315 e. The second kappa shape index (κ2) is 6.31. The van der Waals surface area contributed by atoms with Crippen LogP contribution in [0.1, 0.15) is 13.3 Å². The zero-order chi connectivity index (χ0) is 10.3. The summed E-state index contributed by atoms with van der Waals surface area (Å²) in [4.78, 5) is 0. The number of hydrogen-bond donors (Lipinski definition) is 2. The molecule has 0 heterocycles. The number of nitrogens with one attached hydrogen (secondary N) is 2. The lowest BCUT2D eigenvalue weighted by Gasteiger charge is -2.12. The van der Waals surface area contributed by atoms with Crippen LogP contribution in [-0.4, -0.2) is 46.5 Å². The highest BCUT2D eigenvalue weighted by Gasteiger charge is 2.10. The molecule has 0 rings (SSSR count). The topological polar surface area (TPSA) is 61.4 Å². The molecule has 0 saturated carbocycles. The van der Waals surface area contributed by atoms with Gasteiger partial charge in [-0.25, -0.2) is 4.72 Å². The van der Waals surface area contributed by atoms with Crippen LogP contribution in [0.3, 0.4) is 0 Å². The molecule has 0 aliphatic carbocycles. The maximum atomic E-state index is 11.2. The van der Waals surface area contributed by atoms with Crippen LogP contribution in [0, 0.1) is 0 Å². The van der Waals surface area contributed by atoms with Gasteiger partial charge in [-0.2, -0.15) is 12.7 Å². The van der Waals surface area contributed by atoms with E-state index in [9.17, 15) is 8.42 Å². The first-order valence-corrected chi connectivity index (χ1v) is 5.82. The van der Waals surface area contributed by atoms with Crippen LogP contribution in [0.2, 0.25) is 0 Å². The summed E-state index contributed by atoms with van der Waals surface area (Å²) in [6.07, 6.45) is 1.06. The molecular weight excluding hydrogens is 190 g/mol. The predicted octanol–water partition coefficient (Wildman–Crippen LogP) is -0.618. The minimum atomic E-state index is -3.24. The molecule has 0 aliphatic heterocycles. The molecule has 0 unspecified atom stereocenters. The summed E-state index contributed by atoms with van der Waals surface area (Å²) in [7, 11) is -0.238. The van der Waals surface area contributed by atoms with Gasteiger partial charge in [-0.1, -0.05) is 6.92 Å². The maximum absolute atomic E-state index is 11.2. The first-order chi connectivity index (χ1) is 6.00. The average Bonchev–Trinajstić information content (AvgIpc) is 2.03. The zero-order valence-electron chi connectivity index (χ0n) is 8.50. The monoisotopic (exact) mass is 209 g/mol. The SMILES string of the molecule is CCCNCCNS(=O)(=O)N(C)C. The van der Waals surface area contributed by atoms with Crippen LogP contribution in [0.25, 0.3) is 0 Å². The van der Waals surface area contributed by atoms with Crippen LogP contribution >= 0.6 is 0 Å². The van der Waals surface area contributed by atoms with Crippen molar-refractivity contribution >= 4 is 10.2 Å². The third kappa shape index (κ3) is 5.98. The van der Waals surface area contributed by atoms with E-state index >= 15 is 0 Å². The molecule has 0 radical (unpaired) electrons. The Kier molecular flexibility index (Phi) is 6.23. The van der Waals surface area contributed by atoms with Gasteiger partial charge in [0.25, 0.3) is 10.2 Å². The first kappa shape index (κ1) is 12.8. The fraction of sp³-hybridized carbons (Fsp3) is 1.00. The van der Waals surface area contributed by atoms with Crippen molar-refractivity contribution in [3.05, 3.63) is 0 Å². The van der Waals surface area contributed by atoms with E-state index in [0.29, 0.717) is 13.1 Å². The van der Waals surface area contributed by atoms with E-state index in [-0.39, 0.29) is 0 Å². The fourth-order valence-corrected chi connectivity index (χ4v) is 1.32. The number of rotatable bonds is 7. The Bertz CT molecular complexity index is 214. The third-order valence-corrected chi connectivity index (χ3v) is 3.02. The molecule has 0 fully saturated rings. The van der Waals surface area contributed by atoms with Crippen molar-refractivity contribution < 1.29 is 8.42 Å². The molecule has 6 heteroatoms. The largest absolute Gasteiger partial charge is 0.315 e. The van der Waals surface area contributed by atoms with Gasteiger partial charge in [0.05, 0.1) is 0 Å². The zero-order valence-corrected chi connectivity index (χ0v) is 9.32. The molecule has 0 aromatic carbocycles. The van der Waals surface area contributed by atoms with E-state index in [1.165, 1.54) is 14.1 Å². The summed E-state index contributed by atoms with van der Waals surface area (Å²) in [6.45, 7) is 4.09. The molecular formula is C7H19N3O2S. The highest BCUT2D eigenvalue weighted by molar-refractivity contribution is 7.87. The van der Waals surface area contributed by atoms with Crippen molar-refractivity contribution in [2.75, 3.05) is 33.7 Å². The Balaban J connectivity index is 3.53. The van der Waals surface area contributed by atoms with E-state index in [0.717, 1.165) is 17.3 Å². The summed E-state index contributed by atoms with van der Waals surface area (Å²) in [5.41, 5.74) is 0. The van der Waals surface area contributed by atoms with E-state index in [4.69, 9.17) is 0 Å². The predicted molar refractivity (Wildman–Crippen MR) is 53.8 cm³/mol. The van der Waals surface area contributed by atoms with E-state index in [1.807, 2.05) is 0 Å². The summed E-state index contributed by atoms with van der Waals surface area (Å²) in [5.74, 6) is 0. The van der Waals surface area contributed by atoms with Gasteiger partial charge in [-0.05, 0) is 13.0 Å². The first-order valence-electron chi connectivity index (χ1n) is 4.38. The van der Waals surface area contributed by atoms with Gasteiger partial charge < -0.3 is 5.32 Å². The molecule has 0 atom stereocenters. The Hall–Kier alpha value is -0.170. The third-order valence-electron chi connectivity index (χ3n) is 1.49. The molecule has 0 saturated heterocycles. The number of nitrogens with zero attached hydrogens (tertiary/aromatic N) is 1. The van der Waals surface area contributed by atoms with Crippen molar-refractivity contribution in [3.63, 3.8) is 0 Å². The molecule has 0 aromatic rings. The standard InChI is InChI=1S/C7H19N3O2S/c1-4-5-8-6-7-9-13(11,12)10(2)3/h8-9H,4-7H2,1-3H3. The maximum Gasteiger partial charge on any atom is 0.278 e. The van der Waals surface area contributed by atoms with Crippen LogP contribution < -0.4 is 10.0 Å². The summed E-state index contributed by atoms with van der Waals surface area (Å²) >= 11 is 0. The Morgan fingerprint density at radius 3 is 2.23 bits per heavy atom. The molecule has 80 valence electrons. The lowest BCUT2D eigenvalue weighted by molar-refractivity contribution is 0.503. The van der Waals surface area contributed by atoms with Gasteiger partial charge in [0.2, 0.25) is 0 Å². The van der Waals surface area contributed by atoms with Crippen molar-refractivity contribution in [1.29, 1.82) is 0 Å². The lowest BCUT2D eigenvalue weighted by Crippen LogP contribution is -2.39. The highest BCUT2D eigenvalue weighted by Crippen LogP contribution is 1.85. The molecule has 0 spiro atoms. The van der Waals surface area contributed by atoms with Crippen molar-refractivity contribution in [3.8, 4) is 0 Å². The quantitative estimate of drug-likeness (QED) is 0.549. The van der Waals surface area contributed by atoms with Crippen molar-refractivity contribution in [2.45, 2.75) is 13.3 Å². The lowest BCUT2D eigenvalue weighted by atomic mass is 10.5. The molecule has 13 heavy (non-hydrogen) atoms. The summed E-state index contributed by atoms with van der Waals surface area (Å²) in [5, 5.41) is 3.10. The van der Waals surface area contributed by atoms with Gasteiger partial charge >= 0.3 is 0 Å². The summed E-state index contributed by atoms with van der Waals surface area (Å²) < 4.78 is 25.9. The average molecular weight is 209 g/mol. The fourth-order valence-electron chi connectivity index (χ4n) is 0.699. The second-order valence-electron chi connectivity index (χ2n) is 2.93. The van der Waals surface area contributed by atoms with Gasteiger partial charge in [0.1, 0.15) is 0 Å². The van der Waals surface area contributed by atoms with Gasteiger partial charge in [0, 0.05) is 27.2 Å². The molecule has 5 nitrogen and oxygen atoms in total. The molecule has 0 aliphatic rings. The second-order valence-corrected chi connectivity index (χ2v) is 4.90. The normalized spacial score (nSPS) is 12.3. The Morgan fingerprint density at radius 2 is 1.77 bits per heavy atom. The van der Waals surface area contributed by atoms with E-state index < -0.39 is 10.2 Å². The Labute approximate surface area is 80.7 Å². The van der Waals surface area contributed by atoms with Crippen molar-refractivity contribution in [1.82, 2.24) is 14.3 Å². The van der Waals surface area contributed by atoms with E-state index in [1.54, 1.807) is 0 Å².